The van der Waals surface area contributed by atoms with Crippen LogP contribution in [-0.2, 0) is 9.47 Å². The van der Waals surface area contributed by atoms with Crippen LogP contribution in [0.1, 0.15) is 30.1 Å². The molecule has 0 aliphatic rings. The summed E-state index contributed by atoms with van der Waals surface area (Å²) in [6, 6.07) is 6.96. The number of hydrogen-bond donors (Lipinski definition) is 3. The van der Waals surface area contributed by atoms with E-state index in [-0.39, 0.29) is 5.91 Å². The molecule has 0 fully saturated rings. The fourth-order valence-corrected chi connectivity index (χ4v) is 2.35. The molecule has 1 rings (SSSR count). The second-order valence-electron chi connectivity index (χ2n) is 5.74. The van der Waals surface area contributed by atoms with E-state index < -0.39 is 0 Å². The van der Waals surface area contributed by atoms with Gasteiger partial charge >= 0.3 is 0 Å². The number of benzene rings is 1. The summed E-state index contributed by atoms with van der Waals surface area (Å²) in [4.78, 5) is 16.2. The van der Waals surface area contributed by atoms with Crippen molar-refractivity contribution in [1.29, 1.82) is 0 Å². The number of hydrogen-bond acceptors (Lipinski definition) is 4. The Morgan fingerprint density at radius 2 is 1.67 bits per heavy atom. The number of nitrogens with zero attached hydrogens (tertiary/aromatic N) is 1. The number of guanidine groups is 1. The molecule has 0 aliphatic heterocycles. The molecule has 0 bridgehead atoms. The second-order valence-corrected chi connectivity index (χ2v) is 6.15. The van der Waals surface area contributed by atoms with E-state index >= 15 is 0 Å². The molecule has 0 saturated carbocycles. The monoisotopic (exact) mass is 398 g/mol. The van der Waals surface area contributed by atoms with E-state index in [1.807, 2.05) is 0 Å². The largest absolute Gasteiger partial charge is 0.379 e. The van der Waals surface area contributed by atoms with Crippen molar-refractivity contribution in [2.45, 2.75) is 19.8 Å². The third-order valence-corrected chi connectivity index (χ3v) is 3.93. The Balaban J connectivity index is 2.06. The van der Waals surface area contributed by atoms with E-state index in [9.17, 15) is 4.79 Å². The number of ether oxygens (including phenoxy) is 2. The smallest absolute Gasteiger partial charge is 0.252 e. The van der Waals surface area contributed by atoms with Gasteiger partial charge in [0.15, 0.2) is 5.96 Å². The number of unbranched alkanes of at least 4 members (excludes halogenated alkanes) is 1. The Morgan fingerprint density at radius 3 is 2.37 bits per heavy atom. The van der Waals surface area contributed by atoms with Crippen molar-refractivity contribution in [2.24, 2.45) is 4.99 Å². The summed E-state index contributed by atoms with van der Waals surface area (Å²) in [5.74, 6) is 0.463. The van der Waals surface area contributed by atoms with Crippen molar-refractivity contribution in [3.05, 3.63) is 34.9 Å². The molecule has 27 heavy (non-hydrogen) atoms. The zero-order chi connectivity index (χ0) is 19.7. The van der Waals surface area contributed by atoms with Gasteiger partial charge in [-0.3, -0.25) is 9.79 Å². The highest BCUT2D eigenvalue weighted by molar-refractivity contribution is 6.33. The van der Waals surface area contributed by atoms with Gasteiger partial charge < -0.3 is 25.4 Å². The molecular formula is C19H31ClN4O3. The maximum absolute atomic E-state index is 12.0. The molecule has 0 unspecified atom stereocenters. The highest BCUT2D eigenvalue weighted by atomic mass is 35.5. The lowest BCUT2D eigenvalue weighted by Gasteiger charge is -2.13. The van der Waals surface area contributed by atoms with Gasteiger partial charge in [0, 0.05) is 33.3 Å². The summed E-state index contributed by atoms with van der Waals surface area (Å²) in [5, 5.41) is 9.53. The van der Waals surface area contributed by atoms with Crippen molar-refractivity contribution in [3.8, 4) is 0 Å². The van der Waals surface area contributed by atoms with Crippen molar-refractivity contribution in [3.63, 3.8) is 0 Å². The predicted molar refractivity (Wildman–Crippen MR) is 110 cm³/mol. The zero-order valence-electron chi connectivity index (χ0n) is 16.2. The maximum atomic E-state index is 12.0. The van der Waals surface area contributed by atoms with Gasteiger partial charge in [-0.05, 0) is 18.6 Å². The molecule has 7 nitrogen and oxygen atoms in total. The molecule has 1 amide bonds. The summed E-state index contributed by atoms with van der Waals surface area (Å²) < 4.78 is 10.9. The number of halogens is 1. The first-order valence-corrected chi connectivity index (χ1v) is 9.69. The first-order chi connectivity index (χ1) is 13.2. The molecule has 1 aromatic carbocycles. The minimum atomic E-state index is -0.195. The summed E-state index contributed by atoms with van der Waals surface area (Å²) in [5.41, 5.74) is 0.470. The lowest BCUT2D eigenvalue weighted by Crippen LogP contribution is -2.42. The molecule has 152 valence electrons. The van der Waals surface area contributed by atoms with E-state index in [1.165, 1.54) is 0 Å². The third-order valence-electron chi connectivity index (χ3n) is 3.60. The number of aliphatic imine (C=N–C) groups is 1. The molecule has 0 spiro atoms. The van der Waals surface area contributed by atoms with Crippen molar-refractivity contribution >= 4 is 23.5 Å². The van der Waals surface area contributed by atoms with E-state index in [1.54, 1.807) is 31.3 Å². The molecule has 0 radical (unpaired) electrons. The van der Waals surface area contributed by atoms with Crippen LogP contribution < -0.4 is 16.0 Å². The average Bonchev–Trinajstić information content (AvgIpc) is 2.68. The summed E-state index contributed by atoms with van der Waals surface area (Å²) in [6.45, 7) is 6.35. The summed E-state index contributed by atoms with van der Waals surface area (Å²) >= 11 is 6.00. The highest BCUT2D eigenvalue weighted by Gasteiger charge is 2.08. The molecule has 0 aromatic heterocycles. The quantitative estimate of drug-likeness (QED) is 0.269. The molecule has 8 heteroatoms. The molecule has 0 heterocycles. The minimum absolute atomic E-state index is 0.195. The lowest BCUT2D eigenvalue weighted by molar-refractivity contribution is 0.0487. The number of carbonyl (C=O) groups is 1. The lowest BCUT2D eigenvalue weighted by atomic mass is 10.2. The minimum Gasteiger partial charge on any atom is -0.379 e. The molecular weight excluding hydrogens is 368 g/mol. The van der Waals surface area contributed by atoms with Crippen molar-refractivity contribution < 1.29 is 14.3 Å². The van der Waals surface area contributed by atoms with Gasteiger partial charge in [-0.2, -0.15) is 0 Å². The SMILES string of the molecule is CCCCOCCOCCNC(=NC)NCCNC(=O)c1ccccc1Cl. The first-order valence-electron chi connectivity index (χ1n) is 9.31. The zero-order valence-corrected chi connectivity index (χ0v) is 17.0. The third kappa shape index (κ3) is 10.8. The number of carbonyl (C=O) groups excluding carboxylic acids is 1. The topological polar surface area (TPSA) is 84.0 Å². The van der Waals surface area contributed by atoms with Crippen LogP contribution in [0.2, 0.25) is 5.02 Å². The van der Waals surface area contributed by atoms with Crippen LogP contribution in [0.15, 0.2) is 29.3 Å². The molecule has 3 N–H and O–H groups in total. The maximum Gasteiger partial charge on any atom is 0.252 e. The van der Waals surface area contributed by atoms with Gasteiger partial charge in [-0.25, -0.2) is 0 Å². The van der Waals surface area contributed by atoms with E-state index in [0.717, 1.165) is 19.4 Å². The van der Waals surface area contributed by atoms with Crippen LogP contribution in [0.4, 0.5) is 0 Å². The summed E-state index contributed by atoms with van der Waals surface area (Å²) in [6.07, 6.45) is 2.23. The number of rotatable bonds is 13. The van der Waals surface area contributed by atoms with E-state index in [4.69, 9.17) is 21.1 Å². The Bertz CT molecular complexity index is 570. The fraction of sp³-hybridized carbons (Fsp3) is 0.579. The van der Waals surface area contributed by atoms with Gasteiger partial charge in [0.2, 0.25) is 0 Å². The molecule has 1 aromatic rings. The van der Waals surface area contributed by atoms with Crippen LogP contribution in [0, 0.1) is 0 Å². The van der Waals surface area contributed by atoms with Gasteiger partial charge in [0.25, 0.3) is 5.91 Å². The Labute approximate surface area is 166 Å². The van der Waals surface area contributed by atoms with Gasteiger partial charge in [-0.15, -0.1) is 0 Å². The molecule has 0 atom stereocenters. The highest BCUT2D eigenvalue weighted by Crippen LogP contribution is 2.14. The second kappa shape index (κ2) is 15.2. The number of amides is 1. The van der Waals surface area contributed by atoms with Gasteiger partial charge in [0.05, 0.1) is 30.4 Å². The van der Waals surface area contributed by atoms with Crippen LogP contribution in [0.25, 0.3) is 0 Å². The van der Waals surface area contributed by atoms with Gasteiger partial charge in [-0.1, -0.05) is 37.1 Å². The van der Waals surface area contributed by atoms with Gasteiger partial charge in [0.1, 0.15) is 0 Å². The normalized spacial score (nSPS) is 11.3. The van der Waals surface area contributed by atoms with Crippen LogP contribution in [0.3, 0.4) is 0 Å². The Morgan fingerprint density at radius 1 is 1.00 bits per heavy atom. The van der Waals surface area contributed by atoms with Crippen LogP contribution in [0.5, 0.6) is 0 Å². The summed E-state index contributed by atoms with van der Waals surface area (Å²) in [7, 11) is 1.69. The van der Waals surface area contributed by atoms with Crippen molar-refractivity contribution in [2.75, 3.05) is 53.1 Å². The number of nitrogens with one attached hydrogen (secondary N) is 3. The fourth-order valence-electron chi connectivity index (χ4n) is 2.13. The van der Waals surface area contributed by atoms with Crippen LogP contribution >= 0.6 is 11.6 Å². The predicted octanol–water partition coefficient (Wildman–Crippen LogP) is 2.07. The van der Waals surface area contributed by atoms with Crippen LogP contribution in [-0.4, -0.2) is 65.0 Å². The first kappa shape index (κ1) is 23.2. The van der Waals surface area contributed by atoms with Crippen molar-refractivity contribution in [1.82, 2.24) is 16.0 Å². The molecule has 0 aliphatic carbocycles. The Hall–Kier alpha value is -1.83. The molecule has 0 saturated heterocycles. The standard InChI is InChI=1S/C19H31ClN4O3/c1-3-4-12-26-14-15-27-13-11-24-19(21-2)23-10-9-22-18(25)16-7-5-6-8-17(16)20/h5-8H,3-4,9-15H2,1-2H3,(H,22,25)(H2,21,23,24). The Kier molecular flexibility index (Phi) is 13.1. The van der Waals surface area contributed by atoms with E-state index in [0.29, 0.717) is 56.0 Å². The van der Waals surface area contributed by atoms with E-state index in [2.05, 4.69) is 27.9 Å². The average molecular weight is 399 g/mol.